The highest BCUT2D eigenvalue weighted by molar-refractivity contribution is 7.13. The Labute approximate surface area is 134 Å². The Morgan fingerprint density at radius 1 is 1.30 bits per heavy atom. The van der Waals surface area contributed by atoms with Crippen LogP contribution in [-0.4, -0.2) is 28.0 Å². The van der Waals surface area contributed by atoms with Gasteiger partial charge in [-0.1, -0.05) is 0 Å². The molecule has 0 saturated heterocycles. The molecule has 1 N–H and O–H groups in total. The normalized spacial score (nSPS) is 10.5. The van der Waals surface area contributed by atoms with Crippen molar-refractivity contribution >= 4 is 23.0 Å². The van der Waals surface area contributed by atoms with Crippen LogP contribution in [0.15, 0.2) is 41.9 Å². The van der Waals surface area contributed by atoms with Crippen molar-refractivity contribution in [2.45, 2.75) is 0 Å². The Hall–Kier alpha value is -3.00. The van der Waals surface area contributed by atoms with E-state index in [1.807, 2.05) is 5.38 Å². The first-order valence-electron chi connectivity index (χ1n) is 6.56. The number of methoxy groups -OCH3 is 1. The number of nitrogens with one attached hydrogen (secondary N) is 1. The van der Waals surface area contributed by atoms with Gasteiger partial charge in [-0.25, -0.2) is 9.78 Å². The zero-order valence-electron chi connectivity index (χ0n) is 12.0. The number of H-pyrrole nitrogens is 1. The second kappa shape index (κ2) is 6.01. The fraction of sp³-hybridized carbons (Fsp3) is 0.0667. The van der Waals surface area contributed by atoms with E-state index < -0.39 is 10.9 Å². The Kier molecular flexibility index (Phi) is 3.90. The SMILES string of the molecule is COC(=O)c1cc(-c2csc(-c3ccc([N+](=O)[O-])cc3)n2)c[nH]1. The van der Waals surface area contributed by atoms with Gasteiger partial charge in [0.15, 0.2) is 0 Å². The molecule has 0 radical (unpaired) electrons. The molecular weight excluding hydrogens is 318 g/mol. The van der Waals surface area contributed by atoms with Gasteiger partial charge in [0.1, 0.15) is 10.7 Å². The van der Waals surface area contributed by atoms with E-state index in [0.29, 0.717) is 5.69 Å². The molecule has 1 aromatic carbocycles. The van der Waals surface area contributed by atoms with Crippen LogP contribution in [0.25, 0.3) is 21.8 Å². The molecule has 0 unspecified atom stereocenters. The third-order valence-corrected chi connectivity index (χ3v) is 4.10. The number of carbonyl (C=O) groups excluding carboxylic acids is 1. The topological polar surface area (TPSA) is 98.1 Å². The molecular formula is C15H11N3O4S. The van der Waals surface area contributed by atoms with Crippen LogP contribution in [0.3, 0.4) is 0 Å². The van der Waals surface area contributed by atoms with Crippen LogP contribution >= 0.6 is 11.3 Å². The Morgan fingerprint density at radius 2 is 2.04 bits per heavy atom. The third kappa shape index (κ3) is 2.97. The molecule has 0 saturated carbocycles. The molecule has 116 valence electrons. The largest absolute Gasteiger partial charge is 0.464 e. The Bertz CT molecular complexity index is 867. The number of rotatable bonds is 4. The minimum atomic E-state index is -0.443. The van der Waals surface area contributed by atoms with Crippen molar-refractivity contribution in [3.05, 3.63) is 57.7 Å². The number of aromatic amines is 1. The highest BCUT2D eigenvalue weighted by atomic mass is 32.1. The van der Waals surface area contributed by atoms with Gasteiger partial charge in [0, 0.05) is 34.8 Å². The Morgan fingerprint density at radius 3 is 2.70 bits per heavy atom. The molecule has 0 atom stereocenters. The molecule has 0 bridgehead atoms. The van der Waals surface area contributed by atoms with E-state index in [9.17, 15) is 14.9 Å². The van der Waals surface area contributed by atoms with E-state index >= 15 is 0 Å². The van der Waals surface area contributed by atoms with Crippen molar-refractivity contribution in [2.24, 2.45) is 0 Å². The molecule has 2 aromatic heterocycles. The molecule has 0 amide bonds. The summed E-state index contributed by atoms with van der Waals surface area (Å²) < 4.78 is 4.65. The fourth-order valence-electron chi connectivity index (χ4n) is 2.03. The monoisotopic (exact) mass is 329 g/mol. The summed E-state index contributed by atoms with van der Waals surface area (Å²) in [6, 6.07) is 7.89. The van der Waals surface area contributed by atoms with Crippen molar-refractivity contribution in [1.82, 2.24) is 9.97 Å². The van der Waals surface area contributed by atoms with Gasteiger partial charge in [-0.2, -0.15) is 0 Å². The molecule has 8 heteroatoms. The Balaban J connectivity index is 1.86. The second-order valence-corrected chi connectivity index (χ2v) is 5.49. The predicted molar refractivity (Wildman–Crippen MR) is 85.3 cm³/mol. The predicted octanol–water partition coefficient (Wildman–Crippen LogP) is 3.50. The first-order chi connectivity index (χ1) is 11.1. The third-order valence-electron chi connectivity index (χ3n) is 3.21. The van der Waals surface area contributed by atoms with E-state index in [1.54, 1.807) is 24.4 Å². The van der Waals surface area contributed by atoms with Crippen LogP contribution in [0.2, 0.25) is 0 Å². The van der Waals surface area contributed by atoms with Crippen LogP contribution < -0.4 is 0 Å². The molecule has 23 heavy (non-hydrogen) atoms. The summed E-state index contributed by atoms with van der Waals surface area (Å²) in [5.74, 6) is -0.443. The molecule has 0 aliphatic heterocycles. The van der Waals surface area contributed by atoms with Crippen molar-refractivity contribution < 1.29 is 14.5 Å². The maximum atomic E-state index is 11.4. The number of ether oxygens (including phenoxy) is 1. The maximum Gasteiger partial charge on any atom is 0.354 e. The first kappa shape index (κ1) is 14.9. The number of thiazole rings is 1. The summed E-state index contributed by atoms with van der Waals surface area (Å²) in [5.41, 5.74) is 2.69. The molecule has 0 spiro atoms. The van der Waals surface area contributed by atoms with Crippen molar-refractivity contribution in [1.29, 1.82) is 0 Å². The summed E-state index contributed by atoms with van der Waals surface area (Å²) in [7, 11) is 1.32. The second-order valence-electron chi connectivity index (χ2n) is 4.64. The van der Waals surface area contributed by atoms with Crippen molar-refractivity contribution in [2.75, 3.05) is 7.11 Å². The molecule has 2 heterocycles. The number of hydrogen-bond acceptors (Lipinski definition) is 6. The zero-order valence-corrected chi connectivity index (χ0v) is 12.8. The molecule has 0 aliphatic rings. The summed E-state index contributed by atoms with van der Waals surface area (Å²) in [4.78, 5) is 29.0. The lowest BCUT2D eigenvalue weighted by molar-refractivity contribution is -0.384. The van der Waals surface area contributed by atoms with Gasteiger partial charge in [-0.05, 0) is 18.2 Å². The summed E-state index contributed by atoms with van der Waals surface area (Å²) in [6.45, 7) is 0. The number of non-ortho nitro benzene ring substituents is 1. The number of nitrogens with zero attached hydrogens (tertiary/aromatic N) is 2. The van der Waals surface area contributed by atoms with Gasteiger partial charge < -0.3 is 9.72 Å². The first-order valence-corrected chi connectivity index (χ1v) is 7.44. The number of carbonyl (C=O) groups is 1. The van der Waals surface area contributed by atoms with Gasteiger partial charge in [0.25, 0.3) is 5.69 Å². The highest BCUT2D eigenvalue weighted by Gasteiger charge is 2.13. The van der Waals surface area contributed by atoms with Gasteiger partial charge in [0.05, 0.1) is 17.7 Å². The molecule has 0 fully saturated rings. The standard InChI is InChI=1S/C15H11N3O4S/c1-22-15(19)12-6-10(7-16-12)13-8-23-14(17-13)9-2-4-11(5-3-9)18(20)21/h2-8,16H,1H3. The summed E-state index contributed by atoms with van der Waals surface area (Å²) >= 11 is 1.42. The van der Waals surface area contributed by atoms with Gasteiger partial charge in [0.2, 0.25) is 0 Å². The average Bonchev–Trinajstić information content (AvgIpc) is 3.23. The zero-order chi connectivity index (χ0) is 16.4. The van der Waals surface area contributed by atoms with Crippen molar-refractivity contribution in [3.63, 3.8) is 0 Å². The van der Waals surface area contributed by atoms with Gasteiger partial charge >= 0.3 is 5.97 Å². The fourth-order valence-corrected chi connectivity index (χ4v) is 2.87. The molecule has 3 rings (SSSR count). The van der Waals surface area contributed by atoms with E-state index in [0.717, 1.165) is 21.8 Å². The highest BCUT2D eigenvalue weighted by Crippen LogP contribution is 2.30. The summed E-state index contributed by atoms with van der Waals surface area (Å²) in [6.07, 6.45) is 1.68. The lowest BCUT2D eigenvalue weighted by Gasteiger charge is -1.96. The number of hydrogen-bond donors (Lipinski definition) is 1. The number of benzene rings is 1. The average molecular weight is 329 g/mol. The maximum absolute atomic E-state index is 11.4. The number of nitro benzene ring substituents is 1. The molecule has 0 aliphatic carbocycles. The number of esters is 1. The summed E-state index contributed by atoms with van der Waals surface area (Å²) in [5, 5.41) is 13.3. The van der Waals surface area contributed by atoms with E-state index in [-0.39, 0.29) is 5.69 Å². The van der Waals surface area contributed by atoms with Gasteiger partial charge in [-0.3, -0.25) is 10.1 Å². The van der Waals surface area contributed by atoms with Crippen LogP contribution in [-0.2, 0) is 4.74 Å². The van der Waals surface area contributed by atoms with Crippen LogP contribution in [0.1, 0.15) is 10.5 Å². The number of aromatic nitrogens is 2. The number of nitro groups is 1. The van der Waals surface area contributed by atoms with Gasteiger partial charge in [-0.15, -0.1) is 11.3 Å². The minimum Gasteiger partial charge on any atom is -0.464 e. The molecule has 3 aromatic rings. The van der Waals surface area contributed by atoms with Crippen LogP contribution in [0.5, 0.6) is 0 Å². The smallest absolute Gasteiger partial charge is 0.354 e. The van der Waals surface area contributed by atoms with Crippen LogP contribution in [0.4, 0.5) is 5.69 Å². The molecule has 7 nitrogen and oxygen atoms in total. The quantitative estimate of drug-likeness (QED) is 0.449. The van der Waals surface area contributed by atoms with Crippen molar-refractivity contribution in [3.8, 4) is 21.8 Å². The van der Waals surface area contributed by atoms with E-state index in [1.165, 1.54) is 30.6 Å². The van der Waals surface area contributed by atoms with E-state index in [4.69, 9.17) is 0 Å². The lowest BCUT2D eigenvalue weighted by Crippen LogP contribution is -2.00. The minimum absolute atomic E-state index is 0.0406. The van der Waals surface area contributed by atoms with Crippen LogP contribution in [0, 0.1) is 10.1 Å². The van der Waals surface area contributed by atoms with E-state index in [2.05, 4.69) is 14.7 Å². The lowest BCUT2D eigenvalue weighted by atomic mass is 10.2.